The summed E-state index contributed by atoms with van der Waals surface area (Å²) in [5.74, 6) is 2.55. The number of nitrogen functional groups attached to an aromatic ring is 2. The van der Waals surface area contributed by atoms with Crippen molar-refractivity contribution in [3.63, 3.8) is 0 Å². The summed E-state index contributed by atoms with van der Waals surface area (Å²) in [7, 11) is 5.01. The normalized spacial score (nSPS) is 31.8. The van der Waals surface area contributed by atoms with Crippen LogP contribution >= 0.6 is 21.6 Å². The van der Waals surface area contributed by atoms with Crippen molar-refractivity contribution in [1.82, 2.24) is 35.9 Å². The van der Waals surface area contributed by atoms with Crippen LogP contribution in [0.4, 0.5) is 22.2 Å². The van der Waals surface area contributed by atoms with E-state index in [0.29, 0.717) is 89.6 Å². The second-order valence-electron chi connectivity index (χ2n) is 21.8. The van der Waals surface area contributed by atoms with Crippen molar-refractivity contribution in [3.05, 3.63) is 53.4 Å². The topological polar surface area (TPSA) is 259 Å². The van der Waals surface area contributed by atoms with Gasteiger partial charge in [-0.1, -0.05) is 60.9 Å². The second-order valence-corrected chi connectivity index (χ2v) is 24.5. The van der Waals surface area contributed by atoms with Gasteiger partial charge in [-0.2, -0.15) is 9.97 Å². The number of nitrogens with one attached hydrogen (secondary N) is 3. The number of nitrogens with two attached hydrogens (primary N) is 2. The van der Waals surface area contributed by atoms with Gasteiger partial charge in [-0.3, -0.25) is 9.59 Å². The number of hydrogen-bond acceptors (Lipinski definition) is 16. The van der Waals surface area contributed by atoms with Crippen LogP contribution in [0.1, 0.15) is 114 Å². The third-order valence-electron chi connectivity index (χ3n) is 17.4. The van der Waals surface area contributed by atoms with Gasteiger partial charge in [-0.05, 0) is 116 Å². The molecular weight excluding hydrogens is 957 g/mol. The molecule has 1 spiro atoms. The van der Waals surface area contributed by atoms with Gasteiger partial charge in [0.15, 0.2) is 22.8 Å². The Kier molecular flexibility index (Phi) is 15.5. The summed E-state index contributed by atoms with van der Waals surface area (Å²) >= 11 is 0. The van der Waals surface area contributed by atoms with Crippen LogP contribution in [0.5, 0.6) is 0 Å². The summed E-state index contributed by atoms with van der Waals surface area (Å²) in [6.45, 7) is 11.8. The van der Waals surface area contributed by atoms with Crippen molar-refractivity contribution in [2.24, 2.45) is 46.3 Å². The molecule has 2 aromatic heterocycles. The minimum absolute atomic E-state index is 0.0147. The Morgan fingerprint density at radius 1 is 0.972 bits per heavy atom. The molecule has 9 rings (SSSR count). The van der Waals surface area contributed by atoms with Crippen LogP contribution < -0.4 is 32.3 Å². The van der Waals surface area contributed by atoms with Crippen LogP contribution in [0.25, 0.3) is 11.2 Å². The molecule has 4 aliphatic carbocycles. The van der Waals surface area contributed by atoms with Crippen molar-refractivity contribution < 1.29 is 38.5 Å². The molecule has 390 valence electrons. The molecule has 2 aliphatic heterocycles. The van der Waals surface area contributed by atoms with Gasteiger partial charge in [0, 0.05) is 68.1 Å². The van der Waals surface area contributed by atoms with E-state index >= 15 is 0 Å². The molecule has 3 amide bonds. The third-order valence-corrected chi connectivity index (χ3v) is 19.8. The molecule has 2 saturated heterocycles. The summed E-state index contributed by atoms with van der Waals surface area (Å²) in [6, 6.07) is 5.41. The van der Waals surface area contributed by atoms with Crippen molar-refractivity contribution in [3.8, 4) is 0 Å². The zero-order valence-electron chi connectivity index (χ0n) is 42.2. The molecule has 6 aliphatic rings. The highest BCUT2D eigenvalue weighted by atomic mass is 33.1. The van der Waals surface area contributed by atoms with Gasteiger partial charge in [0.25, 0.3) is 5.91 Å². The van der Waals surface area contributed by atoms with E-state index in [1.807, 2.05) is 11.9 Å². The Morgan fingerprint density at radius 3 is 2.47 bits per heavy atom. The number of aliphatic carboxylic acids is 1. The number of aromatic nitrogens is 4. The minimum atomic E-state index is -1.25. The first-order chi connectivity index (χ1) is 34.5. The first kappa shape index (κ1) is 52.0. The van der Waals surface area contributed by atoms with E-state index in [-0.39, 0.29) is 64.9 Å². The van der Waals surface area contributed by atoms with Crippen LogP contribution in [0.2, 0.25) is 0 Å². The maximum absolute atomic E-state index is 13.0. The van der Waals surface area contributed by atoms with Gasteiger partial charge in [-0.25, -0.2) is 19.6 Å². The number of carboxylic acid groups (broad SMARTS) is 1. The highest BCUT2D eigenvalue weighted by molar-refractivity contribution is 8.76. The van der Waals surface area contributed by atoms with E-state index in [9.17, 15) is 24.3 Å². The predicted octanol–water partition coefficient (Wildman–Crippen LogP) is 7.14. The quantitative estimate of drug-likeness (QED) is 0.0446. The number of rotatable bonds is 17. The second kappa shape index (κ2) is 21.5. The molecule has 18 nitrogen and oxygen atoms in total. The van der Waals surface area contributed by atoms with E-state index in [0.717, 1.165) is 50.8 Å². The van der Waals surface area contributed by atoms with Gasteiger partial charge in [0.1, 0.15) is 12.1 Å². The van der Waals surface area contributed by atoms with Crippen molar-refractivity contribution in [1.29, 1.82) is 0 Å². The van der Waals surface area contributed by atoms with Gasteiger partial charge in [0.05, 0.1) is 31.1 Å². The van der Waals surface area contributed by atoms with Crippen LogP contribution in [0.3, 0.4) is 0 Å². The molecule has 3 saturated carbocycles. The number of carbonyl (C=O) groups excluding carboxylic acids is 3. The molecule has 12 atom stereocenters. The van der Waals surface area contributed by atoms with Gasteiger partial charge in [0.2, 0.25) is 11.9 Å². The lowest BCUT2D eigenvalue weighted by atomic mass is 9.47. The van der Waals surface area contributed by atoms with E-state index in [2.05, 4.69) is 69.7 Å². The molecule has 0 unspecified atom stereocenters. The van der Waals surface area contributed by atoms with Crippen molar-refractivity contribution in [2.45, 2.75) is 129 Å². The molecule has 0 bridgehead atoms. The monoisotopic (exact) mass is 1030 g/mol. The van der Waals surface area contributed by atoms with E-state index in [1.165, 1.54) is 24.8 Å². The third kappa shape index (κ3) is 10.7. The maximum atomic E-state index is 13.0. The fraction of sp³-hybridized carbons (Fsp3) is 0.654. The number of amides is 3. The van der Waals surface area contributed by atoms with E-state index in [4.69, 9.17) is 25.7 Å². The number of carboxylic acids is 1. The molecule has 5 fully saturated rings. The highest BCUT2D eigenvalue weighted by Crippen LogP contribution is 2.70. The summed E-state index contributed by atoms with van der Waals surface area (Å²) in [5, 5.41) is 18.1. The lowest BCUT2D eigenvalue weighted by Crippen LogP contribution is -2.52. The molecular formula is C52H72N10O8S2. The average molecular weight is 1030 g/mol. The summed E-state index contributed by atoms with van der Waals surface area (Å²) in [4.78, 5) is 69.2. The number of carbonyl (C=O) groups is 4. The summed E-state index contributed by atoms with van der Waals surface area (Å²) < 4.78 is 19.5. The molecule has 4 heterocycles. The number of benzene rings is 1. The fourth-order valence-electron chi connectivity index (χ4n) is 13.6. The first-order valence-corrected chi connectivity index (χ1v) is 28.3. The molecule has 8 N–H and O–H groups in total. The minimum Gasteiger partial charge on any atom is -0.480 e. The highest BCUT2D eigenvalue weighted by Gasteiger charge is 2.68. The lowest BCUT2D eigenvalue weighted by molar-refractivity contribution is -0.272. The fourth-order valence-corrected chi connectivity index (χ4v) is 15.4. The van der Waals surface area contributed by atoms with Gasteiger partial charge < -0.3 is 51.6 Å². The SMILES string of the molecule is C[C@@H]1CC[C@@]2(OC1)O[C@H]1C[C@H]3[C@@H]4CC=C5C[C@@H](OC(=O)NCCSSCCNC(=O)CC[C@H](NC(=O)c6ccc(N(C)Cc7cnc8nc(N)nc(N)c8n7)cc6)C(=O)O)CC[C@]5(C)[C@H]4CC[C@]3(C)[C@H]1[C@@H]2C. The number of allylic oxidation sites excluding steroid dienone is 1. The summed E-state index contributed by atoms with van der Waals surface area (Å²) in [6.07, 6.45) is 13.5. The molecule has 72 heavy (non-hydrogen) atoms. The Labute approximate surface area is 429 Å². The molecule has 0 radical (unpaired) electrons. The predicted molar refractivity (Wildman–Crippen MR) is 279 cm³/mol. The lowest BCUT2D eigenvalue weighted by Gasteiger charge is -2.58. The van der Waals surface area contributed by atoms with Crippen molar-refractivity contribution in [2.75, 3.05) is 54.6 Å². The first-order valence-electron chi connectivity index (χ1n) is 25.8. The van der Waals surface area contributed by atoms with Crippen LogP contribution in [-0.2, 0) is 30.3 Å². The number of nitrogens with zero attached hydrogens (tertiary/aromatic N) is 5. The number of alkyl carbamates (subject to hydrolysis) is 1. The number of ether oxygens (including phenoxy) is 3. The van der Waals surface area contributed by atoms with Gasteiger partial charge in [-0.15, -0.1) is 0 Å². The van der Waals surface area contributed by atoms with Crippen LogP contribution in [-0.4, -0.2) is 111 Å². The smallest absolute Gasteiger partial charge is 0.407 e. The molecule has 1 aromatic carbocycles. The zero-order chi connectivity index (χ0) is 51.0. The Bertz CT molecular complexity index is 2530. The number of anilines is 3. The molecule has 3 aromatic rings. The van der Waals surface area contributed by atoms with Gasteiger partial charge >= 0.3 is 12.1 Å². The number of hydrogen-bond donors (Lipinski definition) is 6. The summed E-state index contributed by atoms with van der Waals surface area (Å²) in [5.41, 5.74) is 15.8. The Balaban J connectivity index is 0.633. The molecule has 20 heteroatoms. The van der Waals surface area contributed by atoms with Crippen molar-refractivity contribution >= 4 is 74.1 Å². The number of fused-ring (bicyclic) bond motifs is 8. The Hall–Kier alpha value is -4.92. The standard InChI is InChI=1S/C52H72N10O8S2/c1-29-14-19-52(68-28-29)30(2)42-40(70-52)25-38-36-11-8-32-24-35(15-17-50(32,3)37(36)16-18-51(38,42)4)69-49(67)56-21-23-72-71-22-20-55-41(63)13-12-39(47(65)66)59-46(64)31-6-9-34(10-7-31)62(5)27-33-26-57-45-43(58-33)44(53)60-48(54)61-45/h6-10,26,29-30,35-40,42H,11-25,27-28H2,1-5H3,(H,55,63)(H,56,67)(H,59,64)(H,65,66)(H4,53,54,57,60,61)/t29-,30+,35+,36-,37+,38+,39+,40+,42+,50+,51+,52-/m1/s1. The Morgan fingerprint density at radius 2 is 1.74 bits per heavy atom. The van der Waals surface area contributed by atoms with Crippen LogP contribution in [0, 0.1) is 46.3 Å². The average Bonchev–Trinajstić information content (AvgIpc) is 3.80. The largest absolute Gasteiger partial charge is 0.480 e. The van der Waals surface area contributed by atoms with E-state index in [1.54, 1.807) is 52.1 Å². The van der Waals surface area contributed by atoms with E-state index < -0.39 is 17.9 Å². The maximum Gasteiger partial charge on any atom is 0.407 e. The zero-order valence-corrected chi connectivity index (χ0v) is 43.8. The van der Waals surface area contributed by atoms with Crippen LogP contribution in [0.15, 0.2) is 42.1 Å².